The van der Waals surface area contributed by atoms with Crippen molar-refractivity contribution >= 4 is 23.0 Å². The minimum absolute atomic E-state index is 0.110. The minimum Gasteiger partial charge on any atom is -0.396 e. The molecule has 5 heteroatoms. The molecule has 1 rings (SSSR count). The molecule has 0 bridgehead atoms. The van der Waals surface area contributed by atoms with E-state index in [2.05, 4.69) is 10.3 Å². The van der Waals surface area contributed by atoms with Crippen molar-refractivity contribution in [3.05, 3.63) is 17.4 Å². The van der Waals surface area contributed by atoms with Gasteiger partial charge in [-0.3, -0.25) is 4.98 Å². The first-order valence-electron chi connectivity index (χ1n) is 4.30. The zero-order chi connectivity index (χ0) is 10.6. The number of nitrogens with one attached hydrogen (secondary N) is 1. The van der Waals surface area contributed by atoms with Crippen molar-refractivity contribution in [2.45, 2.75) is 13.0 Å². The zero-order valence-corrected chi connectivity index (χ0v) is 9.01. The van der Waals surface area contributed by atoms with Crippen LogP contribution in [0.1, 0.15) is 6.92 Å². The summed E-state index contributed by atoms with van der Waals surface area (Å²) < 4.78 is 5.09. The minimum atomic E-state index is 0.110. The smallest absolute Gasteiger partial charge is 0.0841 e. The van der Waals surface area contributed by atoms with Crippen LogP contribution in [0.2, 0.25) is 5.02 Å². The van der Waals surface area contributed by atoms with Gasteiger partial charge in [0, 0.05) is 19.9 Å². The summed E-state index contributed by atoms with van der Waals surface area (Å²) in [5.41, 5.74) is 6.95. The van der Waals surface area contributed by atoms with Gasteiger partial charge >= 0.3 is 0 Å². The van der Waals surface area contributed by atoms with E-state index in [0.29, 0.717) is 22.9 Å². The molecule has 0 spiro atoms. The number of nitrogens with zero attached hydrogens (tertiary/aromatic N) is 1. The second-order valence-corrected chi connectivity index (χ2v) is 3.42. The summed E-state index contributed by atoms with van der Waals surface area (Å²) in [6.07, 6.45) is 3.22. The van der Waals surface area contributed by atoms with Gasteiger partial charge in [0.05, 0.1) is 28.7 Å². The van der Waals surface area contributed by atoms with Crippen molar-refractivity contribution in [1.29, 1.82) is 0 Å². The number of anilines is 2. The Morgan fingerprint density at radius 3 is 2.93 bits per heavy atom. The molecule has 3 N–H and O–H groups in total. The van der Waals surface area contributed by atoms with Crippen molar-refractivity contribution < 1.29 is 4.74 Å². The fraction of sp³-hybridized carbons (Fsp3) is 0.444. The van der Waals surface area contributed by atoms with Crippen LogP contribution in [0, 0.1) is 0 Å². The van der Waals surface area contributed by atoms with Crippen molar-refractivity contribution in [3.8, 4) is 0 Å². The van der Waals surface area contributed by atoms with Crippen LogP contribution in [0.15, 0.2) is 12.4 Å². The van der Waals surface area contributed by atoms with Gasteiger partial charge in [-0.2, -0.15) is 0 Å². The number of nitrogens with two attached hydrogens (primary N) is 1. The van der Waals surface area contributed by atoms with E-state index in [4.69, 9.17) is 22.1 Å². The van der Waals surface area contributed by atoms with Gasteiger partial charge in [0.15, 0.2) is 0 Å². The van der Waals surface area contributed by atoms with Crippen LogP contribution in [-0.4, -0.2) is 24.7 Å². The molecular formula is C9H14ClN3O. The standard InChI is InChI=1S/C9H14ClN3O/c1-6(14-2)3-13-9-7(10)4-12-5-8(9)11/h4-6H,3,11H2,1-2H3,(H,12,13). The predicted octanol–water partition coefficient (Wildman–Crippen LogP) is 1.76. The fourth-order valence-corrected chi connectivity index (χ4v) is 1.20. The van der Waals surface area contributed by atoms with Crippen molar-refractivity contribution in [1.82, 2.24) is 4.98 Å². The molecule has 0 aliphatic heterocycles. The molecule has 1 atom stereocenters. The van der Waals surface area contributed by atoms with Crippen LogP contribution in [-0.2, 0) is 4.74 Å². The molecule has 14 heavy (non-hydrogen) atoms. The third-order valence-corrected chi connectivity index (χ3v) is 2.18. The van der Waals surface area contributed by atoms with Crippen molar-refractivity contribution in [2.24, 2.45) is 0 Å². The molecule has 0 aliphatic rings. The molecule has 1 heterocycles. The largest absolute Gasteiger partial charge is 0.396 e. The van der Waals surface area contributed by atoms with Gasteiger partial charge in [0.1, 0.15) is 0 Å². The monoisotopic (exact) mass is 215 g/mol. The first-order chi connectivity index (χ1) is 6.65. The maximum absolute atomic E-state index is 5.91. The molecule has 0 fully saturated rings. The molecule has 78 valence electrons. The summed E-state index contributed by atoms with van der Waals surface area (Å²) in [5.74, 6) is 0. The van der Waals surface area contributed by atoms with Crippen LogP contribution in [0.5, 0.6) is 0 Å². The molecule has 1 aromatic rings. The molecule has 0 saturated carbocycles. The van der Waals surface area contributed by atoms with Gasteiger partial charge in [0.25, 0.3) is 0 Å². The number of aromatic nitrogens is 1. The molecule has 4 nitrogen and oxygen atoms in total. The highest BCUT2D eigenvalue weighted by atomic mass is 35.5. The summed E-state index contributed by atoms with van der Waals surface area (Å²) in [5, 5.41) is 3.63. The topological polar surface area (TPSA) is 60.2 Å². The molecular weight excluding hydrogens is 202 g/mol. The van der Waals surface area contributed by atoms with E-state index < -0.39 is 0 Å². The molecule has 0 aliphatic carbocycles. The molecule has 0 saturated heterocycles. The van der Waals surface area contributed by atoms with Crippen LogP contribution in [0.4, 0.5) is 11.4 Å². The van der Waals surface area contributed by atoms with E-state index in [9.17, 15) is 0 Å². The summed E-state index contributed by atoms with van der Waals surface area (Å²) in [6.45, 7) is 2.61. The summed E-state index contributed by atoms with van der Waals surface area (Å²) in [6, 6.07) is 0. The maximum Gasteiger partial charge on any atom is 0.0841 e. The van der Waals surface area contributed by atoms with Crippen molar-refractivity contribution in [3.63, 3.8) is 0 Å². The second-order valence-electron chi connectivity index (χ2n) is 3.01. The zero-order valence-electron chi connectivity index (χ0n) is 8.25. The van der Waals surface area contributed by atoms with E-state index in [1.165, 1.54) is 0 Å². The van der Waals surface area contributed by atoms with Gasteiger partial charge in [-0.15, -0.1) is 0 Å². The lowest BCUT2D eigenvalue weighted by Gasteiger charge is -2.14. The Hall–Kier alpha value is -1.00. The average molecular weight is 216 g/mol. The number of methoxy groups -OCH3 is 1. The lowest BCUT2D eigenvalue weighted by molar-refractivity contribution is 0.129. The van der Waals surface area contributed by atoms with Crippen LogP contribution in [0.3, 0.4) is 0 Å². The van der Waals surface area contributed by atoms with E-state index in [1.54, 1.807) is 19.5 Å². The number of hydrogen-bond donors (Lipinski definition) is 2. The maximum atomic E-state index is 5.91. The predicted molar refractivity (Wildman–Crippen MR) is 58.6 cm³/mol. The number of halogens is 1. The second kappa shape index (κ2) is 5.02. The number of nitrogen functional groups attached to an aromatic ring is 1. The normalized spacial score (nSPS) is 12.5. The molecule has 1 unspecified atom stereocenters. The summed E-state index contributed by atoms with van der Waals surface area (Å²) in [7, 11) is 1.66. The Morgan fingerprint density at radius 2 is 2.36 bits per heavy atom. The summed E-state index contributed by atoms with van der Waals surface area (Å²) >= 11 is 5.91. The highest BCUT2D eigenvalue weighted by Crippen LogP contribution is 2.26. The Morgan fingerprint density at radius 1 is 1.64 bits per heavy atom. The first-order valence-corrected chi connectivity index (χ1v) is 4.68. The molecule has 0 amide bonds. The van der Waals surface area contributed by atoms with Crippen LogP contribution in [0.25, 0.3) is 0 Å². The van der Waals surface area contributed by atoms with Gasteiger partial charge in [0.2, 0.25) is 0 Å². The van der Waals surface area contributed by atoms with Crippen LogP contribution < -0.4 is 11.1 Å². The quantitative estimate of drug-likeness (QED) is 0.804. The average Bonchev–Trinajstić information content (AvgIpc) is 2.16. The van der Waals surface area contributed by atoms with Crippen molar-refractivity contribution in [2.75, 3.05) is 24.7 Å². The lowest BCUT2D eigenvalue weighted by atomic mass is 10.3. The summed E-state index contributed by atoms with van der Waals surface area (Å²) in [4.78, 5) is 3.86. The van der Waals surface area contributed by atoms with Gasteiger partial charge in [-0.05, 0) is 6.92 Å². The SMILES string of the molecule is COC(C)CNc1c(N)cncc1Cl. The van der Waals surface area contributed by atoms with Crippen LogP contribution >= 0.6 is 11.6 Å². The fourth-order valence-electron chi connectivity index (χ4n) is 0.966. The number of hydrogen-bond acceptors (Lipinski definition) is 4. The third kappa shape index (κ3) is 2.75. The number of pyridine rings is 1. The molecule has 0 aromatic carbocycles. The van der Waals surface area contributed by atoms with E-state index in [0.717, 1.165) is 0 Å². The third-order valence-electron chi connectivity index (χ3n) is 1.90. The van der Waals surface area contributed by atoms with Gasteiger partial charge in [-0.1, -0.05) is 11.6 Å². The van der Waals surface area contributed by atoms with E-state index in [1.807, 2.05) is 6.92 Å². The van der Waals surface area contributed by atoms with E-state index >= 15 is 0 Å². The van der Waals surface area contributed by atoms with E-state index in [-0.39, 0.29) is 6.10 Å². The Labute approximate surface area is 88.4 Å². The number of rotatable bonds is 4. The highest BCUT2D eigenvalue weighted by Gasteiger charge is 2.06. The molecule has 1 aromatic heterocycles. The Kier molecular flexibility index (Phi) is 3.98. The van der Waals surface area contributed by atoms with Gasteiger partial charge in [-0.25, -0.2) is 0 Å². The first kappa shape index (κ1) is 11.1. The highest BCUT2D eigenvalue weighted by molar-refractivity contribution is 6.33. The number of ether oxygens (including phenoxy) is 1. The Balaban J connectivity index is 2.66. The molecule has 0 radical (unpaired) electrons. The van der Waals surface area contributed by atoms with Gasteiger partial charge < -0.3 is 15.8 Å². The lowest BCUT2D eigenvalue weighted by Crippen LogP contribution is -2.18. The Bertz CT molecular complexity index is 286.